The maximum atomic E-state index is 12.7. The van der Waals surface area contributed by atoms with E-state index in [1.165, 1.54) is 0 Å². The highest BCUT2D eigenvalue weighted by atomic mass is 32.1. The molecule has 4 nitrogen and oxygen atoms in total. The Morgan fingerprint density at radius 3 is 2.63 bits per heavy atom. The van der Waals surface area contributed by atoms with Crippen molar-refractivity contribution >= 4 is 27.5 Å². The number of nitrogens with zero attached hydrogens (tertiary/aromatic N) is 2. The van der Waals surface area contributed by atoms with Crippen LogP contribution >= 0.6 is 11.3 Å². The zero-order valence-corrected chi connectivity index (χ0v) is 17.3. The lowest BCUT2D eigenvalue weighted by atomic mass is 10.0. The fraction of sp³-hybridized carbons (Fsp3) is 0.364. The van der Waals surface area contributed by atoms with Gasteiger partial charge < -0.3 is 9.64 Å². The predicted octanol–water partition coefficient (Wildman–Crippen LogP) is 5.33. The van der Waals surface area contributed by atoms with E-state index in [9.17, 15) is 4.79 Å². The summed E-state index contributed by atoms with van der Waals surface area (Å²) in [7, 11) is 1.81. The van der Waals surface area contributed by atoms with E-state index < -0.39 is 0 Å². The second kappa shape index (κ2) is 8.09. The molecule has 0 bridgehead atoms. The Labute approximate surface area is 164 Å². The number of rotatable bonds is 6. The van der Waals surface area contributed by atoms with Crippen molar-refractivity contribution in [1.82, 2.24) is 9.88 Å². The fourth-order valence-electron chi connectivity index (χ4n) is 2.94. The normalized spacial score (nSPS) is 12.4. The van der Waals surface area contributed by atoms with Crippen LogP contribution in [0.4, 0.5) is 0 Å². The fourth-order valence-corrected chi connectivity index (χ4v) is 4.00. The van der Waals surface area contributed by atoms with Crippen molar-refractivity contribution in [3.63, 3.8) is 0 Å². The third-order valence-corrected chi connectivity index (χ3v) is 5.99. The zero-order valence-electron chi connectivity index (χ0n) is 16.5. The highest BCUT2D eigenvalue weighted by Crippen LogP contribution is 2.30. The molecular formula is C22H26N2O2S. The summed E-state index contributed by atoms with van der Waals surface area (Å²) in [4.78, 5) is 19.1. The largest absolute Gasteiger partial charge is 0.483 e. The van der Waals surface area contributed by atoms with Gasteiger partial charge in [-0.05, 0) is 49.1 Å². The van der Waals surface area contributed by atoms with Crippen molar-refractivity contribution in [2.45, 2.75) is 39.7 Å². The summed E-state index contributed by atoms with van der Waals surface area (Å²) in [5.41, 5.74) is 3.22. The summed E-state index contributed by atoms with van der Waals surface area (Å²) < 4.78 is 7.04. The average Bonchev–Trinajstić information content (AvgIpc) is 3.08. The van der Waals surface area contributed by atoms with Crippen LogP contribution in [0.3, 0.4) is 0 Å². The van der Waals surface area contributed by atoms with Gasteiger partial charge in [0.25, 0.3) is 5.91 Å². The molecule has 2 aromatic carbocycles. The van der Waals surface area contributed by atoms with Gasteiger partial charge in [0.2, 0.25) is 0 Å². The Kier molecular flexibility index (Phi) is 5.80. The number of amides is 1. The van der Waals surface area contributed by atoms with Crippen LogP contribution in [0.2, 0.25) is 0 Å². The summed E-state index contributed by atoms with van der Waals surface area (Å²) in [6.45, 7) is 8.30. The van der Waals surface area contributed by atoms with Gasteiger partial charge in [0, 0.05) is 7.05 Å². The molecule has 5 heteroatoms. The molecule has 1 amide bonds. The maximum absolute atomic E-state index is 12.7. The lowest BCUT2D eigenvalue weighted by Gasteiger charge is -2.24. The number of hydrogen-bond donors (Lipinski definition) is 0. The number of likely N-dealkylation sites (N-methyl/N-ethyl adjacent to an activating group) is 1. The van der Waals surface area contributed by atoms with Crippen LogP contribution in [0.25, 0.3) is 10.2 Å². The number of aryl methyl sites for hydroxylation is 1. The first-order chi connectivity index (χ1) is 12.9. The molecule has 3 aromatic rings. The molecule has 0 spiro atoms. The van der Waals surface area contributed by atoms with Gasteiger partial charge in [-0.25, -0.2) is 4.98 Å². The van der Waals surface area contributed by atoms with Crippen LogP contribution in [0.5, 0.6) is 5.75 Å². The molecular weight excluding hydrogens is 356 g/mol. The van der Waals surface area contributed by atoms with Crippen LogP contribution in [-0.2, 0) is 4.79 Å². The highest BCUT2D eigenvalue weighted by molar-refractivity contribution is 7.18. The van der Waals surface area contributed by atoms with E-state index in [-0.39, 0.29) is 18.6 Å². The van der Waals surface area contributed by atoms with Gasteiger partial charge in [-0.15, -0.1) is 11.3 Å². The number of carbonyl (C=O) groups is 1. The molecule has 1 atom stereocenters. The summed E-state index contributed by atoms with van der Waals surface area (Å²) in [6, 6.07) is 14.1. The summed E-state index contributed by atoms with van der Waals surface area (Å²) >= 11 is 1.63. The van der Waals surface area contributed by atoms with Gasteiger partial charge >= 0.3 is 0 Å². The molecule has 1 heterocycles. The molecule has 0 unspecified atom stereocenters. The van der Waals surface area contributed by atoms with E-state index in [1.54, 1.807) is 16.2 Å². The zero-order chi connectivity index (χ0) is 19.6. The molecule has 27 heavy (non-hydrogen) atoms. The quantitative estimate of drug-likeness (QED) is 0.579. The number of benzene rings is 2. The van der Waals surface area contributed by atoms with E-state index >= 15 is 0 Å². The third kappa shape index (κ3) is 4.30. The lowest BCUT2D eigenvalue weighted by Crippen LogP contribution is -2.33. The van der Waals surface area contributed by atoms with Crippen molar-refractivity contribution < 1.29 is 9.53 Å². The first-order valence-corrected chi connectivity index (χ1v) is 10.0. The predicted molar refractivity (Wildman–Crippen MR) is 112 cm³/mol. The molecule has 0 saturated carbocycles. The maximum Gasteiger partial charge on any atom is 0.260 e. The van der Waals surface area contributed by atoms with Crippen molar-refractivity contribution in [2.24, 2.45) is 0 Å². The SMILES string of the molecule is Cc1ccc(C(C)C)c(OCC(=O)N(C)[C@@H](C)c2nc3ccccc3s2)c1. The number of hydrogen-bond acceptors (Lipinski definition) is 4. The Morgan fingerprint density at radius 1 is 1.19 bits per heavy atom. The van der Waals surface area contributed by atoms with Gasteiger partial charge in [-0.1, -0.05) is 38.1 Å². The molecule has 0 aliphatic heterocycles. The first-order valence-electron chi connectivity index (χ1n) is 9.21. The monoisotopic (exact) mass is 382 g/mol. The van der Waals surface area contributed by atoms with Gasteiger partial charge in [0.05, 0.1) is 16.3 Å². The lowest BCUT2D eigenvalue weighted by molar-refractivity contribution is -0.134. The second-order valence-corrected chi connectivity index (χ2v) is 8.25. The molecule has 0 aliphatic carbocycles. The Bertz CT molecular complexity index is 915. The minimum atomic E-state index is -0.0967. The summed E-state index contributed by atoms with van der Waals surface area (Å²) in [6.07, 6.45) is 0. The Balaban J connectivity index is 1.69. The van der Waals surface area contributed by atoms with Gasteiger partial charge in [0.15, 0.2) is 6.61 Å². The van der Waals surface area contributed by atoms with Crippen molar-refractivity contribution in [3.8, 4) is 5.75 Å². The summed E-state index contributed by atoms with van der Waals surface area (Å²) in [5.74, 6) is 1.08. The number of para-hydroxylation sites is 1. The molecule has 3 rings (SSSR count). The molecule has 0 aliphatic rings. The van der Waals surface area contributed by atoms with Gasteiger partial charge in [-0.2, -0.15) is 0 Å². The van der Waals surface area contributed by atoms with Crippen LogP contribution in [0, 0.1) is 6.92 Å². The number of fused-ring (bicyclic) bond motifs is 1. The standard InChI is InChI=1S/C22H26N2O2S/c1-14(2)17-11-10-15(3)12-19(17)26-13-21(25)24(5)16(4)22-23-18-8-6-7-9-20(18)27-22/h6-12,14,16H,13H2,1-5H3/t16-/m0/s1. The van der Waals surface area contributed by atoms with E-state index in [0.29, 0.717) is 5.92 Å². The van der Waals surface area contributed by atoms with Crippen LogP contribution in [0.1, 0.15) is 48.9 Å². The molecule has 142 valence electrons. The van der Waals surface area contributed by atoms with E-state index in [4.69, 9.17) is 4.74 Å². The van der Waals surface area contributed by atoms with E-state index in [0.717, 1.165) is 32.1 Å². The van der Waals surface area contributed by atoms with Crippen molar-refractivity contribution in [1.29, 1.82) is 0 Å². The van der Waals surface area contributed by atoms with Crippen LogP contribution in [0.15, 0.2) is 42.5 Å². The van der Waals surface area contributed by atoms with E-state index in [2.05, 4.69) is 37.0 Å². The Hall–Kier alpha value is -2.40. The minimum absolute atomic E-state index is 0.0227. The van der Waals surface area contributed by atoms with Gasteiger partial charge in [-0.3, -0.25) is 4.79 Å². The number of aromatic nitrogens is 1. The molecule has 0 N–H and O–H groups in total. The van der Waals surface area contributed by atoms with Gasteiger partial charge in [0.1, 0.15) is 10.8 Å². The second-order valence-electron chi connectivity index (χ2n) is 7.19. The van der Waals surface area contributed by atoms with E-state index in [1.807, 2.05) is 45.2 Å². The molecule has 0 radical (unpaired) electrons. The molecule has 0 saturated heterocycles. The smallest absolute Gasteiger partial charge is 0.260 e. The molecule has 0 fully saturated rings. The molecule has 1 aromatic heterocycles. The average molecular weight is 383 g/mol. The van der Waals surface area contributed by atoms with Crippen LogP contribution in [-0.4, -0.2) is 29.4 Å². The number of ether oxygens (including phenoxy) is 1. The summed E-state index contributed by atoms with van der Waals surface area (Å²) in [5, 5.41) is 0.936. The minimum Gasteiger partial charge on any atom is -0.483 e. The Morgan fingerprint density at radius 2 is 1.93 bits per heavy atom. The topological polar surface area (TPSA) is 42.4 Å². The van der Waals surface area contributed by atoms with Crippen LogP contribution < -0.4 is 4.74 Å². The highest BCUT2D eigenvalue weighted by Gasteiger charge is 2.21. The van der Waals surface area contributed by atoms with Crippen molar-refractivity contribution in [2.75, 3.05) is 13.7 Å². The third-order valence-electron chi connectivity index (χ3n) is 4.78. The first kappa shape index (κ1) is 19.4. The number of carbonyl (C=O) groups excluding carboxylic acids is 1. The number of thiazole rings is 1. The van der Waals surface area contributed by atoms with Crippen molar-refractivity contribution in [3.05, 3.63) is 58.6 Å².